The average molecular weight is 155 g/mol. The third-order valence-corrected chi connectivity index (χ3v) is 2.29. The van der Waals surface area contributed by atoms with Crippen molar-refractivity contribution in [3.8, 4) is 0 Å². The Labute approximate surface area is 68.3 Å². The number of aliphatic hydroxyl groups is 1. The van der Waals surface area contributed by atoms with Crippen LogP contribution in [-0.2, 0) is 0 Å². The second-order valence-corrected chi connectivity index (χ2v) is 3.21. The van der Waals surface area contributed by atoms with Crippen molar-refractivity contribution in [3.63, 3.8) is 0 Å². The van der Waals surface area contributed by atoms with E-state index in [1.54, 1.807) is 0 Å². The van der Waals surface area contributed by atoms with Gasteiger partial charge in [-0.3, -0.25) is 0 Å². The Kier molecular flexibility index (Phi) is 3.60. The summed E-state index contributed by atoms with van der Waals surface area (Å²) in [5.41, 5.74) is 0. The van der Waals surface area contributed by atoms with E-state index in [1.807, 2.05) is 6.08 Å². The first-order chi connectivity index (χ1) is 5.34. The molecule has 0 amide bonds. The van der Waals surface area contributed by atoms with Crippen LogP contribution in [0.25, 0.3) is 0 Å². The Morgan fingerprint density at radius 2 is 2.36 bits per heavy atom. The molecular formula is C9H17NO. The van der Waals surface area contributed by atoms with E-state index >= 15 is 0 Å². The van der Waals surface area contributed by atoms with Crippen molar-refractivity contribution in [2.24, 2.45) is 5.92 Å². The van der Waals surface area contributed by atoms with Gasteiger partial charge >= 0.3 is 0 Å². The number of unbranched alkanes of at least 4 members (excludes halogenated alkanes) is 1. The molecule has 0 spiro atoms. The van der Waals surface area contributed by atoms with E-state index in [-0.39, 0.29) is 6.10 Å². The Morgan fingerprint density at radius 1 is 1.55 bits per heavy atom. The number of hydrogen-bond acceptors (Lipinski definition) is 2. The van der Waals surface area contributed by atoms with Gasteiger partial charge in [0.1, 0.15) is 0 Å². The highest BCUT2D eigenvalue weighted by Gasteiger charge is 2.23. The summed E-state index contributed by atoms with van der Waals surface area (Å²) in [5, 5.41) is 12.6. The highest BCUT2D eigenvalue weighted by atomic mass is 16.3. The van der Waals surface area contributed by atoms with Crippen LogP contribution >= 0.6 is 0 Å². The molecule has 0 aliphatic carbocycles. The number of aliphatic hydroxyl groups excluding tert-OH is 1. The summed E-state index contributed by atoms with van der Waals surface area (Å²) in [7, 11) is 0. The molecule has 0 saturated carbocycles. The summed E-state index contributed by atoms with van der Waals surface area (Å²) in [6, 6.07) is 0. The van der Waals surface area contributed by atoms with Crippen molar-refractivity contribution < 1.29 is 5.11 Å². The lowest BCUT2D eigenvalue weighted by atomic mass is 9.99. The van der Waals surface area contributed by atoms with Gasteiger partial charge in [0.05, 0.1) is 6.10 Å². The highest BCUT2D eigenvalue weighted by Crippen LogP contribution is 2.16. The van der Waals surface area contributed by atoms with Gasteiger partial charge in [-0.25, -0.2) is 0 Å². The fraction of sp³-hybridized carbons (Fsp3) is 0.778. The molecule has 2 heteroatoms. The standard InChI is InChI=1S/C9H17NO/c1-2-3-4-5-8-6-10-7-9(8)11/h2,8-11H,1,3-7H2. The average Bonchev–Trinajstić information content (AvgIpc) is 2.37. The minimum absolute atomic E-state index is 0.111. The Bertz CT molecular complexity index is 125. The second-order valence-electron chi connectivity index (χ2n) is 3.21. The number of β-amino-alcohol motifs (C(OH)–C–C–N with tert-alkyl or cyclic N) is 1. The van der Waals surface area contributed by atoms with Gasteiger partial charge in [0.25, 0.3) is 0 Å². The molecule has 1 saturated heterocycles. The lowest BCUT2D eigenvalue weighted by Gasteiger charge is -2.11. The molecule has 11 heavy (non-hydrogen) atoms. The molecule has 2 atom stereocenters. The maximum atomic E-state index is 9.40. The van der Waals surface area contributed by atoms with E-state index in [0.29, 0.717) is 5.92 Å². The zero-order valence-corrected chi connectivity index (χ0v) is 6.92. The van der Waals surface area contributed by atoms with Crippen LogP contribution in [0.3, 0.4) is 0 Å². The fourth-order valence-corrected chi connectivity index (χ4v) is 1.54. The Balaban J connectivity index is 2.10. The normalized spacial score (nSPS) is 30.6. The predicted octanol–water partition coefficient (Wildman–Crippen LogP) is 0.923. The first-order valence-corrected chi connectivity index (χ1v) is 4.34. The molecular weight excluding hydrogens is 138 g/mol. The van der Waals surface area contributed by atoms with Crippen LogP contribution in [0.15, 0.2) is 12.7 Å². The Hall–Kier alpha value is -0.340. The minimum Gasteiger partial charge on any atom is -0.391 e. The summed E-state index contributed by atoms with van der Waals surface area (Å²) in [5.74, 6) is 0.481. The third-order valence-electron chi connectivity index (χ3n) is 2.29. The van der Waals surface area contributed by atoms with Gasteiger partial charge in [0.2, 0.25) is 0 Å². The quantitative estimate of drug-likeness (QED) is 0.467. The van der Waals surface area contributed by atoms with Gasteiger partial charge in [0.15, 0.2) is 0 Å². The second kappa shape index (κ2) is 4.52. The van der Waals surface area contributed by atoms with E-state index in [4.69, 9.17) is 0 Å². The van der Waals surface area contributed by atoms with Crippen molar-refractivity contribution in [1.82, 2.24) is 5.32 Å². The van der Waals surface area contributed by atoms with Crippen molar-refractivity contribution in [2.45, 2.75) is 25.4 Å². The van der Waals surface area contributed by atoms with Crippen LogP contribution in [-0.4, -0.2) is 24.3 Å². The molecule has 2 N–H and O–H groups in total. The van der Waals surface area contributed by atoms with Crippen molar-refractivity contribution in [3.05, 3.63) is 12.7 Å². The molecule has 1 aliphatic heterocycles. The fourth-order valence-electron chi connectivity index (χ4n) is 1.54. The molecule has 0 radical (unpaired) electrons. The van der Waals surface area contributed by atoms with Gasteiger partial charge in [-0.05, 0) is 25.2 Å². The summed E-state index contributed by atoms with van der Waals surface area (Å²) < 4.78 is 0. The molecule has 1 fully saturated rings. The van der Waals surface area contributed by atoms with Crippen molar-refractivity contribution >= 4 is 0 Å². The van der Waals surface area contributed by atoms with Crippen LogP contribution in [0.1, 0.15) is 19.3 Å². The van der Waals surface area contributed by atoms with Crippen molar-refractivity contribution in [2.75, 3.05) is 13.1 Å². The lowest BCUT2D eigenvalue weighted by molar-refractivity contribution is 0.142. The summed E-state index contributed by atoms with van der Waals surface area (Å²) in [6.07, 6.45) is 5.19. The van der Waals surface area contributed by atoms with E-state index in [2.05, 4.69) is 11.9 Å². The smallest absolute Gasteiger partial charge is 0.0704 e. The van der Waals surface area contributed by atoms with E-state index in [0.717, 1.165) is 32.4 Å². The monoisotopic (exact) mass is 155 g/mol. The molecule has 0 aromatic heterocycles. The zero-order chi connectivity index (χ0) is 8.10. The predicted molar refractivity (Wildman–Crippen MR) is 46.4 cm³/mol. The lowest BCUT2D eigenvalue weighted by Crippen LogP contribution is -2.17. The maximum absolute atomic E-state index is 9.40. The molecule has 1 heterocycles. The summed E-state index contributed by atoms with van der Waals surface area (Å²) in [4.78, 5) is 0. The molecule has 64 valence electrons. The SMILES string of the molecule is C=CCCCC1CNCC1O. The molecule has 2 unspecified atom stereocenters. The van der Waals surface area contributed by atoms with Crippen LogP contribution in [0.5, 0.6) is 0 Å². The highest BCUT2D eigenvalue weighted by molar-refractivity contribution is 4.80. The number of nitrogens with one attached hydrogen (secondary N) is 1. The van der Waals surface area contributed by atoms with Crippen LogP contribution in [0.4, 0.5) is 0 Å². The van der Waals surface area contributed by atoms with Crippen LogP contribution in [0.2, 0.25) is 0 Å². The molecule has 0 bridgehead atoms. The summed E-state index contributed by atoms with van der Waals surface area (Å²) in [6.45, 7) is 5.43. The molecule has 0 aromatic carbocycles. The molecule has 1 rings (SSSR count). The van der Waals surface area contributed by atoms with Gasteiger partial charge in [-0.1, -0.05) is 6.08 Å². The Morgan fingerprint density at radius 3 is 2.91 bits per heavy atom. The summed E-state index contributed by atoms with van der Waals surface area (Å²) >= 11 is 0. The number of rotatable bonds is 4. The maximum Gasteiger partial charge on any atom is 0.0704 e. The van der Waals surface area contributed by atoms with Gasteiger partial charge < -0.3 is 10.4 Å². The zero-order valence-electron chi connectivity index (χ0n) is 6.92. The number of hydrogen-bond donors (Lipinski definition) is 2. The van der Waals surface area contributed by atoms with Gasteiger partial charge in [0, 0.05) is 13.1 Å². The minimum atomic E-state index is -0.111. The molecule has 1 aliphatic rings. The van der Waals surface area contributed by atoms with Gasteiger partial charge in [-0.15, -0.1) is 6.58 Å². The van der Waals surface area contributed by atoms with Crippen LogP contribution < -0.4 is 5.32 Å². The largest absolute Gasteiger partial charge is 0.391 e. The van der Waals surface area contributed by atoms with Gasteiger partial charge in [-0.2, -0.15) is 0 Å². The third kappa shape index (κ3) is 2.64. The first-order valence-electron chi connectivity index (χ1n) is 4.34. The number of allylic oxidation sites excluding steroid dienone is 1. The first kappa shape index (κ1) is 8.75. The van der Waals surface area contributed by atoms with E-state index in [9.17, 15) is 5.11 Å². The molecule has 2 nitrogen and oxygen atoms in total. The topological polar surface area (TPSA) is 32.3 Å². The van der Waals surface area contributed by atoms with Crippen molar-refractivity contribution in [1.29, 1.82) is 0 Å². The molecule has 0 aromatic rings. The van der Waals surface area contributed by atoms with E-state index in [1.165, 1.54) is 0 Å². The van der Waals surface area contributed by atoms with E-state index < -0.39 is 0 Å². The van der Waals surface area contributed by atoms with Crippen LogP contribution in [0, 0.1) is 5.92 Å².